The summed E-state index contributed by atoms with van der Waals surface area (Å²) in [5, 5.41) is 13.5. The van der Waals surface area contributed by atoms with Crippen LogP contribution in [0.4, 0.5) is 4.79 Å². The molecule has 2 heterocycles. The van der Waals surface area contributed by atoms with Crippen LogP contribution in [0.5, 0.6) is 11.5 Å². The van der Waals surface area contributed by atoms with Gasteiger partial charge in [0.15, 0.2) is 11.5 Å². The summed E-state index contributed by atoms with van der Waals surface area (Å²) in [4.78, 5) is 14.9. The maximum atomic E-state index is 13.1. The largest absolute Gasteiger partial charge is 0.493 e. The molecule has 0 saturated heterocycles. The monoisotopic (exact) mass is 408 g/mol. The Labute approximate surface area is 177 Å². The molecule has 0 fully saturated rings. The lowest BCUT2D eigenvalue weighted by Crippen LogP contribution is -2.41. The summed E-state index contributed by atoms with van der Waals surface area (Å²) in [6, 6.07) is 13.5. The maximum Gasteiger partial charge on any atom is 0.318 e. The third kappa shape index (κ3) is 4.28. The van der Waals surface area contributed by atoms with E-state index in [1.54, 1.807) is 18.1 Å². The summed E-state index contributed by atoms with van der Waals surface area (Å²) in [6.07, 6.45) is 4.08. The summed E-state index contributed by atoms with van der Waals surface area (Å²) < 4.78 is 11.6. The third-order valence-corrected chi connectivity index (χ3v) is 5.73. The number of benzene rings is 2. The fourth-order valence-corrected chi connectivity index (χ4v) is 4.10. The molecule has 2 N–H and O–H groups in total. The van der Waals surface area contributed by atoms with Gasteiger partial charge in [-0.1, -0.05) is 48.6 Å². The van der Waals surface area contributed by atoms with Crippen molar-refractivity contribution in [1.29, 1.82) is 0 Å². The highest BCUT2D eigenvalue weighted by atomic mass is 16.5. The summed E-state index contributed by atoms with van der Waals surface area (Å²) >= 11 is 0. The van der Waals surface area contributed by atoms with Gasteiger partial charge >= 0.3 is 6.03 Å². The van der Waals surface area contributed by atoms with Crippen LogP contribution in [-0.4, -0.2) is 41.9 Å². The van der Waals surface area contributed by atoms with Gasteiger partial charge in [0.2, 0.25) is 0 Å². The standard InChI is InChI=1S/C24H28N2O4/c1-16(17-7-4-3-5-8-17)25-24(28)26-12-6-9-19(27)13-20-14-21-18(15-26)10-11-22(29-2)23(21)30-20/h3-11,16,19-20,27H,12-15H2,1-2H3,(H,25,28)/b9-6+/t16?,19-,20?/m0/s1. The van der Waals surface area contributed by atoms with Gasteiger partial charge in [0.05, 0.1) is 19.3 Å². The van der Waals surface area contributed by atoms with E-state index < -0.39 is 6.10 Å². The van der Waals surface area contributed by atoms with Crippen molar-refractivity contribution in [2.24, 2.45) is 0 Å². The first-order chi connectivity index (χ1) is 14.5. The first-order valence-electron chi connectivity index (χ1n) is 10.4. The molecule has 2 aliphatic heterocycles. The van der Waals surface area contributed by atoms with Gasteiger partial charge in [-0.25, -0.2) is 4.79 Å². The Hall–Kier alpha value is -2.99. The predicted molar refractivity (Wildman–Crippen MR) is 115 cm³/mol. The van der Waals surface area contributed by atoms with Gasteiger partial charge < -0.3 is 24.8 Å². The summed E-state index contributed by atoms with van der Waals surface area (Å²) in [5.41, 5.74) is 3.15. The highest BCUT2D eigenvalue weighted by molar-refractivity contribution is 5.75. The topological polar surface area (TPSA) is 71.0 Å². The van der Waals surface area contributed by atoms with Crippen molar-refractivity contribution in [1.82, 2.24) is 10.2 Å². The molecule has 2 aliphatic rings. The molecule has 0 aromatic heterocycles. The highest BCUT2D eigenvalue weighted by Gasteiger charge is 2.31. The van der Waals surface area contributed by atoms with E-state index in [9.17, 15) is 9.90 Å². The van der Waals surface area contributed by atoms with Crippen molar-refractivity contribution in [2.75, 3.05) is 13.7 Å². The smallest absolute Gasteiger partial charge is 0.318 e. The molecule has 6 heteroatoms. The molecule has 30 heavy (non-hydrogen) atoms. The number of urea groups is 1. The second kappa shape index (κ2) is 8.79. The van der Waals surface area contributed by atoms with Gasteiger partial charge in [-0.3, -0.25) is 0 Å². The van der Waals surface area contributed by atoms with Crippen LogP contribution >= 0.6 is 0 Å². The van der Waals surface area contributed by atoms with Crippen LogP contribution in [0.1, 0.15) is 36.1 Å². The molecular weight excluding hydrogens is 380 g/mol. The van der Waals surface area contributed by atoms with Gasteiger partial charge in [-0.05, 0) is 24.1 Å². The van der Waals surface area contributed by atoms with E-state index in [0.717, 1.165) is 22.4 Å². The van der Waals surface area contributed by atoms with Crippen molar-refractivity contribution in [3.8, 4) is 11.5 Å². The van der Waals surface area contributed by atoms with Crippen LogP contribution in [0.15, 0.2) is 54.6 Å². The summed E-state index contributed by atoms with van der Waals surface area (Å²) in [7, 11) is 1.62. The maximum absolute atomic E-state index is 13.1. The molecular formula is C24H28N2O4. The number of nitrogens with zero attached hydrogens (tertiary/aromatic N) is 1. The third-order valence-electron chi connectivity index (χ3n) is 5.73. The first kappa shape index (κ1) is 20.3. The zero-order chi connectivity index (χ0) is 21.1. The molecule has 0 saturated carbocycles. The minimum absolute atomic E-state index is 0.104. The van der Waals surface area contributed by atoms with Crippen molar-refractivity contribution >= 4 is 6.03 Å². The number of hydrogen-bond acceptors (Lipinski definition) is 4. The number of ether oxygens (including phenoxy) is 2. The van der Waals surface area contributed by atoms with Gasteiger partial charge in [-0.15, -0.1) is 0 Å². The lowest BCUT2D eigenvalue weighted by atomic mass is 10.00. The Morgan fingerprint density at radius 3 is 2.83 bits per heavy atom. The van der Waals surface area contributed by atoms with Gasteiger partial charge in [0.1, 0.15) is 6.10 Å². The molecule has 2 amide bonds. The van der Waals surface area contributed by atoms with Crippen molar-refractivity contribution in [3.63, 3.8) is 0 Å². The first-order valence-corrected chi connectivity index (χ1v) is 10.4. The number of aliphatic hydroxyl groups excluding tert-OH is 1. The molecule has 0 radical (unpaired) electrons. The van der Waals surface area contributed by atoms with Crippen molar-refractivity contribution in [2.45, 2.75) is 44.6 Å². The molecule has 2 bridgehead atoms. The molecule has 6 nitrogen and oxygen atoms in total. The summed E-state index contributed by atoms with van der Waals surface area (Å²) in [5.74, 6) is 1.42. The minimum atomic E-state index is -0.620. The predicted octanol–water partition coefficient (Wildman–Crippen LogP) is 3.59. The number of amides is 2. The zero-order valence-electron chi connectivity index (χ0n) is 17.4. The zero-order valence-corrected chi connectivity index (χ0v) is 17.4. The van der Waals surface area contributed by atoms with E-state index in [1.165, 1.54) is 0 Å². The molecule has 0 aliphatic carbocycles. The number of methoxy groups -OCH3 is 1. The normalized spacial score (nSPS) is 22.4. The average molecular weight is 408 g/mol. The molecule has 0 spiro atoms. The van der Waals surface area contributed by atoms with Crippen LogP contribution in [0.2, 0.25) is 0 Å². The minimum Gasteiger partial charge on any atom is -0.493 e. The van der Waals surface area contributed by atoms with Gasteiger partial charge in [-0.2, -0.15) is 0 Å². The Bertz CT molecular complexity index is 928. The molecule has 2 aromatic rings. The van der Waals surface area contributed by atoms with E-state index in [4.69, 9.17) is 9.47 Å². The highest BCUT2D eigenvalue weighted by Crippen LogP contribution is 2.41. The van der Waals surface area contributed by atoms with Crippen LogP contribution < -0.4 is 14.8 Å². The molecule has 4 rings (SSSR count). The van der Waals surface area contributed by atoms with Crippen LogP contribution in [0.25, 0.3) is 0 Å². The van der Waals surface area contributed by atoms with E-state index in [1.807, 2.05) is 55.5 Å². The number of aliphatic hydroxyl groups is 1. The number of nitrogens with one attached hydrogen (secondary N) is 1. The lowest BCUT2D eigenvalue weighted by molar-refractivity contribution is 0.133. The van der Waals surface area contributed by atoms with Crippen LogP contribution in [0, 0.1) is 0 Å². The SMILES string of the molecule is COc1ccc2c3c1OC(C3)C[C@@H](O)/C=C/CN(C(=O)NC(C)c1ccccc1)C2. The second-order valence-corrected chi connectivity index (χ2v) is 7.87. The number of hydrogen-bond donors (Lipinski definition) is 2. The summed E-state index contributed by atoms with van der Waals surface area (Å²) in [6.45, 7) is 2.84. The van der Waals surface area contributed by atoms with Gasteiger partial charge in [0.25, 0.3) is 0 Å². The Morgan fingerprint density at radius 2 is 2.07 bits per heavy atom. The average Bonchev–Trinajstić information content (AvgIpc) is 3.15. The number of fused-ring (bicyclic) bond motifs is 1. The Kier molecular flexibility index (Phi) is 5.95. The van der Waals surface area contributed by atoms with E-state index in [2.05, 4.69) is 5.32 Å². The molecule has 158 valence electrons. The fraction of sp³-hybridized carbons (Fsp3) is 0.375. The number of rotatable bonds is 3. The quantitative estimate of drug-likeness (QED) is 0.762. The Balaban J connectivity index is 1.60. The molecule has 3 atom stereocenters. The number of carbonyl (C=O) groups is 1. The van der Waals surface area contributed by atoms with Crippen LogP contribution in [0.3, 0.4) is 0 Å². The van der Waals surface area contributed by atoms with Crippen molar-refractivity contribution in [3.05, 3.63) is 71.3 Å². The lowest BCUT2D eigenvalue weighted by Gasteiger charge is -2.25. The number of carbonyl (C=O) groups excluding carboxylic acids is 1. The van der Waals surface area contributed by atoms with E-state index in [-0.39, 0.29) is 18.2 Å². The fourth-order valence-electron chi connectivity index (χ4n) is 4.10. The Morgan fingerprint density at radius 1 is 1.27 bits per heavy atom. The van der Waals surface area contributed by atoms with Gasteiger partial charge in [0, 0.05) is 31.5 Å². The second-order valence-electron chi connectivity index (χ2n) is 7.87. The van der Waals surface area contributed by atoms with E-state index >= 15 is 0 Å². The van der Waals surface area contributed by atoms with Crippen molar-refractivity contribution < 1.29 is 19.4 Å². The molecule has 2 aromatic carbocycles. The van der Waals surface area contributed by atoms with Crippen LogP contribution in [-0.2, 0) is 13.0 Å². The van der Waals surface area contributed by atoms with E-state index in [0.29, 0.717) is 31.7 Å². The molecule has 2 unspecified atom stereocenters.